The summed E-state index contributed by atoms with van der Waals surface area (Å²) in [6.07, 6.45) is 1.84. The van der Waals surface area contributed by atoms with Crippen molar-refractivity contribution in [1.29, 1.82) is 0 Å². The van der Waals surface area contributed by atoms with E-state index < -0.39 is 0 Å². The molecule has 10 nitrogen and oxygen atoms in total. The van der Waals surface area contributed by atoms with Gasteiger partial charge in [-0.1, -0.05) is 30.0 Å². The maximum atomic E-state index is 12.7. The summed E-state index contributed by atoms with van der Waals surface area (Å²) < 4.78 is 1.57. The Labute approximate surface area is 182 Å². The third-order valence-electron chi connectivity index (χ3n) is 4.64. The zero-order valence-electron chi connectivity index (χ0n) is 16.6. The van der Waals surface area contributed by atoms with Crippen molar-refractivity contribution in [2.24, 2.45) is 0 Å². The first-order valence-electron chi connectivity index (χ1n) is 9.47. The summed E-state index contributed by atoms with van der Waals surface area (Å²) in [5.74, 6) is -0.855. The number of thioether (sulfide) groups is 1. The summed E-state index contributed by atoms with van der Waals surface area (Å²) in [5.41, 5.74) is 2.49. The van der Waals surface area contributed by atoms with Crippen molar-refractivity contribution in [3.63, 3.8) is 0 Å². The van der Waals surface area contributed by atoms with Crippen molar-refractivity contribution in [3.05, 3.63) is 48.5 Å². The molecule has 2 heterocycles. The number of fused-ring (bicyclic) bond motifs is 1. The van der Waals surface area contributed by atoms with E-state index >= 15 is 0 Å². The number of rotatable bonds is 6. The van der Waals surface area contributed by atoms with Gasteiger partial charge in [-0.15, -0.1) is 5.10 Å². The highest BCUT2D eigenvalue weighted by Crippen LogP contribution is 2.29. The molecule has 2 aromatic carbocycles. The number of hydrogen-bond acceptors (Lipinski definition) is 7. The van der Waals surface area contributed by atoms with Gasteiger partial charge >= 0.3 is 0 Å². The molecular weight excluding hydrogens is 418 g/mol. The minimum absolute atomic E-state index is 0.00963. The van der Waals surface area contributed by atoms with Gasteiger partial charge in [-0.05, 0) is 47.0 Å². The molecule has 31 heavy (non-hydrogen) atoms. The lowest BCUT2D eigenvalue weighted by Crippen LogP contribution is -2.42. The van der Waals surface area contributed by atoms with E-state index in [1.807, 2.05) is 12.3 Å². The van der Waals surface area contributed by atoms with Crippen molar-refractivity contribution in [2.45, 2.75) is 18.0 Å². The molecule has 11 heteroatoms. The molecule has 0 spiro atoms. The van der Waals surface area contributed by atoms with Crippen molar-refractivity contribution >= 4 is 46.5 Å². The third kappa shape index (κ3) is 4.56. The van der Waals surface area contributed by atoms with Crippen LogP contribution in [-0.4, -0.2) is 50.7 Å². The van der Waals surface area contributed by atoms with Crippen molar-refractivity contribution in [3.8, 4) is 5.69 Å². The highest BCUT2D eigenvalue weighted by atomic mass is 32.2. The monoisotopic (exact) mass is 437 g/mol. The average Bonchev–Trinajstić information content (AvgIpc) is 3.26. The van der Waals surface area contributed by atoms with Gasteiger partial charge in [0.05, 0.1) is 17.1 Å². The molecule has 1 aliphatic heterocycles. The summed E-state index contributed by atoms with van der Waals surface area (Å²) in [4.78, 5) is 38.4. The van der Waals surface area contributed by atoms with Crippen LogP contribution in [0.5, 0.6) is 0 Å². The van der Waals surface area contributed by atoms with Gasteiger partial charge in [0.15, 0.2) is 0 Å². The lowest BCUT2D eigenvalue weighted by Gasteiger charge is -2.29. The average molecular weight is 437 g/mol. The molecule has 0 bridgehead atoms. The van der Waals surface area contributed by atoms with Crippen LogP contribution in [0.2, 0.25) is 0 Å². The van der Waals surface area contributed by atoms with Gasteiger partial charge in [0.2, 0.25) is 22.9 Å². The number of nitrogens with zero attached hydrogens (tertiary/aromatic N) is 5. The SMILES string of the molecule is CSc1nnnn1-c1cccc(NC(=O)CCC(=O)N2CC(=O)Nc3ccccc32)c1. The number of carbonyl (C=O) groups is 3. The lowest BCUT2D eigenvalue weighted by atomic mass is 10.1. The number of para-hydroxylation sites is 2. The Balaban J connectivity index is 1.39. The fourth-order valence-corrected chi connectivity index (χ4v) is 3.65. The largest absolute Gasteiger partial charge is 0.326 e. The lowest BCUT2D eigenvalue weighted by molar-refractivity contribution is -0.124. The fourth-order valence-electron chi connectivity index (χ4n) is 3.22. The molecule has 0 atom stereocenters. The van der Waals surface area contributed by atoms with E-state index in [4.69, 9.17) is 0 Å². The fraction of sp³-hybridized carbons (Fsp3) is 0.200. The van der Waals surface area contributed by atoms with E-state index in [0.717, 1.165) is 0 Å². The number of tetrazole rings is 1. The zero-order valence-corrected chi connectivity index (χ0v) is 17.4. The quantitative estimate of drug-likeness (QED) is 0.566. The Bertz CT molecular complexity index is 1150. The van der Waals surface area contributed by atoms with Crippen LogP contribution < -0.4 is 15.5 Å². The second kappa shape index (κ2) is 8.96. The molecular formula is C20H19N7O3S. The van der Waals surface area contributed by atoms with E-state index in [0.29, 0.717) is 27.9 Å². The second-order valence-electron chi connectivity index (χ2n) is 6.72. The van der Waals surface area contributed by atoms with Crippen LogP contribution in [-0.2, 0) is 14.4 Å². The van der Waals surface area contributed by atoms with E-state index in [9.17, 15) is 14.4 Å². The number of amides is 3. The first-order valence-corrected chi connectivity index (χ1v) is 10.7. The highest BCUT2D eigenvalue weighted by Gasteiger charge is 2.26. The van der Waals surface area contributed by atoms with Crippen LogP contribution in [0.3, 0.4) is 0 Å². The van der Waals surface area contributed by atoms with Gasteiger partial charge in [0.1, 0.15) is 6.54 Å². The maximum absolute atomic E-state index is 12.7. The summed E-state index contributed by atoms with van der Waals surface area (Å²) in [6, 6.07) is 14.2. The molecule has 1 aliphatic rings. The molecule has 0 saturated carbocycles. The smallest absolute Gasteiger partial charge is 0.244 e. The Hall–Kier alpha value is -3.73. The van der Waals surface area contributed by atoms with Crippen LogP contribution in [0.1, 0.15) is 12.8 Å². The molecule has 0 fully saturated rings. The summed E-state index contributed by atoms with van der Waals surface area (Å²) in [7, 11) is 0. The van der Waals surface area contributed by atoms with Crippen LogP contribution in [0.4, 0.5) is 17.1 Å². The topological polar surface area (TPSA) is 122 Å². The molecule has 1 aromatic heterocycles. The van der Waals surface area contributed by atoms with Crippen molar-refractivity contribution in [2.75, 3.05) is 28.3 Å². The van der Waals surface area contributed by atoms with Gasteiger partial charge < -0.3 is 15.5 Å². The molecule has 0 aliphatic carbocycles. The van der Waals surface area contributed by atoms with E-state index in [2.05, 4.69) is 26.2 Å². The third-order valence-corrected chi connectivity index (χ3v) is 5.26. The van der Waals surface area contributed by atoms with Gasteiger partial charge in [0.25, 0.3) is 0 Å². The zero-order chi connectivity index (χ0) is 21.8. The molecule has 0 radical (unpaired) electrons. The Kier molecular flexibility index (Phi) is 5.94. The summed E-state index contributed by atoms with van der Waals surface area (Å²) >= 11 is 1.41. The molecule has 0 saturated heterocycles. The standard InChI is InChI=1S/C20H19N7O3S/c1-31-20-23-24-25-27(20)14-6-4-5-13(11-14)21-17(28)9-10-19(30)26-12-18(29)22-15-7-2-3-8-16(15)26/h2-8,11H,9-10,12H2,1H3,(H,21,28)(H,22,29). The molecule has 4 rings (SSSR count). The van der Waals surface area contributed by atoms with Gasteiger partial charge in [0, 0.05) is 18.5 Å². The van der Waals surface area contributed by atoms with Crippen molar-refractivity contribution < 1.29 is 14.4 Å². The van der Waals surface area contributed by atoms with Gasteiger partial charge in [-0.2, -0.15) is 4.68 Å². The number of nitrogens with one attached hydrogen (secondary N) is 2. The van der Waals surface area contributed by atoms with Crippen LogP contribution in [0.15, 0.2) is 53.7 Å². The number of anilines is 3. The number of hydrogen-bond donors (Lipinski definition) is 2. The van der Waals surface area contributed by atoms with Crippen LogP contribution in [0, 0.1) is 0 Å². The normalized spacial score (nSPS) is 12.8. The molecule has 0 unspecified atom stereocenters. The first kappa shape index (κ1) is 20.5. The Morgan fingerprint density at radius 3 is 2.84 bits per heavy atom. The first-order chi connectivity index (χ1) is 15.0. The van der Waals surface area contributed by atoms with Crippen molar-refractivity contribution in [1.82, 2.24) is 20.2 Å². The molecule has 158 valence electrons. The number of carbonyl (C=O) groups excluding carboxylic acids is 3. The minimum atomic E-state index is -0.304. The predicted molar refractivity (Wildman–Crippen MR) is 116 cm³/mol. The van der Waals surface area contributed by atoms with Gasteiger partial charge in [-0.25, -0.2) is 0 Å². The van der Waals surface area contributed by atoms with Crippen LogP contribution >= 0.6 is 11.8 Å². The molecule has 3 aromatic rings. The summed E-state index contributed by atoms with van der Waals surface area (Å²) in [5, 5.41) is 17.7. The molecule has 2 N–H and O–H groups in total. The Morgan fingerprint density at radius 2 is 2.00 bits per heavy atom. The van der Waals surface area contributed by atoms with E-state index in [-0.39, 0.29) is 37.1 Å². The number of aromatic nitrogens is 4. The minimum Gasteiger partial charge on any atom is -0.326 e. The maximum Gasteiger partial charge on any atom is 0.244 e. The Morgan fingerprint density at radius 1 is 1.16 bits per heavy atom. The summed E-state index contributed by atoms with van der Waals surface area (Å²) in [6.45, 7) is -0.0662. The van der Waals surface area contributed by atoms with E-state index in [1.165, 1.54) is 16.7 Å². The van der Waals surface area contributed by atoms with E-state index in [1.54, 1.807) is 47.1 Å². The van der Waals surface area contributed by atoms with Crippen LogP contribution in [0.25, 0.3) is 5.69 Å². The highest BCUT2D eigenvalue weighted by molar-refractivity contribution is 7.98. The predicted octanol–water partition coefficient (Wildman–Crippen LogP) is 2.09. The number of benzene rings is 2. The molecule has 3 amide bonds. The second-order valence-corrected chi connectivity index (χ2v) is 7.49. The van der Waals surface area contributed by atoms with Gasteiger partial charge in [-0.3, -0.25) is 14.4 Å².